The number of fused-ring (bicyclic) bond motifs is 1. The lowest BCUT2D eigenvalue weighted by atomic mass is 10.0. The molecule has 5 heteroatoms. The first kappa shape index (κ1) is 19.2. The summed E-state index contributed by atoms with van der Waals surface area (Å²) in [6, 6.07) is 26.3. The second-order valence-electron chi connectivity index (χ2n) is 6.73. The third-order valence-electron chi connectivity index (χ3n) is 4.82. The number of para-hydroxylation sites is 1. The van der Waals surface area contributed by atoms with Gasteiger partial charge in [-0.15, -0.1) is 0 Å². The quantitative estimate of drug-likeness (QED) is 0.386. The average molecular weight is 447 g/mol. The van der Waals surface area contributed by atoms with E-state index in [1.54, 1.807) is 0 Å². The lowest BCUT2D eigenvalue weighted by Crippen LogP contribution is -2.23. The highest BCUT2D eigenvalue weighted by atomic mass is 79.9. The first-order valence-electron chi connectivity index (χ1n) is 9.30. The highest BCUT2D eigenvalue weighted by Crippen LogP contribution is 2.28. The molecule has 0 bridgehead atoms. The molecule has 0 amide bonds. The van der Waals surface area contributed by atoms with E-state index < -0.39 is 12.0 Å². The number of aliphatic carboxylic acids is 1. The molecule has 0 aliphatic heterocycles. The predicted octanol–water partition coefficient (Wildman–Crippen LogP) is 5.46. The topological polar surface area (TPSA) is 65.4 Å². The average Bonchev–Trinajstić information content (AvgIpc) is 3.07. The molecule has 0 aliphatic rings. The molecule has 0 aliphatic carbocycles. The molecular weight excluding hydrogens is 428 g/mol. The number of aromatic amines is 1. The van der Waals surface area contributed by atoms with Crippen LogP contribution in [0.1, 0.15) is 16.7 Å². The Hall–Kier alpha value is -3.18. The van der Waals surface area contributed by atoms with Crippen molar-refractivity contribution in [3.05, 3.63) is 106 Å². The van der Waals surface area contributed by atoms with Crippen LogP contribution in [0, 0.1) is 0 Å². The van der Waals surface area contributed by atoms with Gasteiger partial charge in [-0.3, -0.25) is 4.99 Å². The van der Waals surface area contributed by atoms with Gasteiger partial charge in [0, 0.05) is 28.5 Å². The van der Waals surface area contributed by atoms with Crippen molar-refractivity contribution in [1.29, 1.82) is 0 Å². The molecule has 4 rings (SSSR count). The SMILES string of the molecule is O=C(O)[C@@H](Cc1c(Br)[nH]c2ccccc12)N=C(c1ccccc1)c1ccccc1. The summed E-state index contributed by atoms with van der Waals surface area (Å²) in [4.78, 5) is 20.1. The van der Waals surface area contributed by atoms with Gasteiger partial charge < -0.3 is 10.1 Å². The summed E-state index contributed by atoms with van der Waals surface area (Å²) in [5.74, 6) is -0.952. The summed E-state index contributed by atoms with van der Waals surface area (Å²) >= 11 is 3.55. The summed E-state index contributed by atoms with van der Waals surface area (Å²) in [5.41, 5.74) is 4.34. The number of carboxylic acid groups (broad SMARTS) is 1. The second-order valence-corrected chi connectivity index (χ2v) is 7.52. The van der Waals surface area contributed by atoms with Crippen molar-refractivity contribution in [2.45, 2.75) is 12.5 Å². The minimum atomic E-state index is -0.952. The third-order valence-corrected chi connectivity index (χ3v) is 5.50. The highest BCUT2D eigenvalue weighted by molar-refractivity contribution is 9.10. The molecular formula is C24H19BrN2O2. The first-order chi connectivity index (χ1) is 14.1. The largest absolute Gasteiger partial charge is 0.480 e. The van der Waals surface area contributed by atoms with Crippen LogP contribution in [-0.2, 0) is 11.2 Å². The van der Waals surface area contributed by atoms with Gasteiger partial charge in [-0.1, -0.05) is 78.9 Å². The molecule has 2 N–H and O–H groups in total. The number of aliphatic imine (C=N–C) groups is 1. The van der Waals surface area contributed by atoms with Crippen LogP contribution in [0.5, 0.6) is 0 Å². The zero-order chi connectivity index (χ0) is 20.2. The number of nitrogens with zero attached hydrogens (tertiary/aromatic N) is 1. The van der Waals surface area contributed by atoms with Crippen LogP contribution >= 0.6 is 15.9 Å². The minimum Gasteiger partial charge on any atom is -0.480 e. The standard InChI is InChI=1S/C24H19BrN2O2/c25-23-19(18-13-7-8-14-20(18)27-23)15-21(24(28)29)26-22(16-9-3-1-4-10-16)17-11-5-2-6-12-17/h1-14,21,27H,15H2,(H,28,29)/t21-/m1/s1. The van der Waals surface area contributed by atoms with E-state index in [1.165, 1.54) is 0 Å². The van der Waals surface area contributed by atoms with Crippen molar-refractivity contribution in [3.63, 3.8) is 0 Å². The van der Waals surface area contributed by atoms with E-state index in [-0.39, 0.29) is 6.42 Å². The Bertz CT molecular complexity index is 1130. The molecule has 4 aromatic rings. The number of halogens is 1. The number of nitrogens with one attached hydrogen (secondary N) is 1. The maximum absolute atomic E-state index is 12.1. The highest BCUT2D eigenvalue weighted by Gasteiger charge is 2.22. The van der Waals surface area contributed by atoms with E-state index in [4.69, 9.17) is 4.99 Å². The smallest absolute Gasteiger partial charge is 0.328 e. The molecule has 1 heterocycles. The molecule has 0 radical (unpaired) electrons. The Kier molecular flexibility index (Phi) is 5.58. The fourth-order valence-corrected chi connectivity index (χ4v) is 4.00. The lowest BCUT2D eigenvalue weighted by molar-refractivity contribution is -0.138. The summed E-state index contributed by atoms with van der Waals surface area (Å²) < 4.78 is 0.793. The number of rotatable bonds is 6. The maximum Gasteiger partial charge on any atom is 0.328 e. The summed E-state index contributed by atoms with van der Waals surface area (Å²) in [7, 11) is 0. The molecule has 4 nitrogen and oxygen atoms in total. The Morgan fingerprint density at radius 1 is 0.897 bits per heavy atom. The molecule has 1 atom stereocenters. The summed E-state index contributed by atoms with van der Waals surface area (Å²) in [5, 5.41) is 10.9. The number of hydrogen-bond acceptors (Lipinski definition) is 2. The first-order valence-corrected chi connectivity index (χ1v) is 10.1. The Balaban J connectivity index is 1.79. The Morgan fingerprint density at radius 2 is 1.45 bits per heavy atom. The summed E-state index contributed by atoms with van der Waals surface area (Å²) in [6.45, 7) is 0. The zero-order valence-corrected chi connectivity index (χ0v) is 17.1. The fourth-order valence-electron chi connectivity index (χ4n) is 3.41. The molecule has 3 aromatic carbocycles. The van der Waals surface area contributed by atoms with Crippen LogP contribution in [0.2, 0.25) is 0 Å². The lowest BCUT2D eigenvalue weighted by Gasteiger charge is -2.13. The van der Waals surface area contributed by atoms with Crippen LogP contribution in [0.3, 0.4) is 0 Å². The molecule has 144 valence electrons. The molecule has 0 unspecified atom stereocenters. The maximum atomic E-state index is 12.1. The summed E-state index contributed by atoms with van der Waals surface area (Å²) in [6.07, 6.45) is 0.281. The number of hydrogen-bond donors (Lipinski definition) is 2. The number of benzene rings is 3. The van der Waals surface area contributed by atoms with Crippen LogP contribution in [0.4, 0.5) is 0 Å². The van der Waals surface area contributed by atoms with Crippen LogP contribution in [0.15, 0.2) is 94.5 Å². The van der Waals surface area contributed by atoms with Crippen molar-refractivity contribution in [2.24, 2.45) is 4.99 Å². The van der Waals surface area contributed by atoms with Crippen molar-refractivity contribution in [1.82, 2.24) is 4.98 Å². The Morgan fingerprint density at radius 3 is 2.03 bits per heavy atom. The van der Waals surface area contributed by atoms with Gasteiger partial charge in [-0.25, -0.2) is 4.79 Å². The van der Waals surface area contributed by atoms with Gasteiger partial charge in [0.2, 0.25) is 0 Å². The molecule has 1 aromatic heterocycles. The van der Waals surface area contributed by atoms with E-state index in [2.05, 4.69) is 20.9 Å². The van der Waals surface area contributed by atoms with E-state index in [0.29, 0.717) is 5.71 Å². The van der Waals surface area contributed by atoms with Gasteiger partial charge in [0.25, 0.3) is 0 Å². The van der Waals surface area contributed by atoms with Gasteiger partial charge in [0.15, 0.2) is 6.04 Å². The monoisotopic (exact) mass is 446 g/mol. The minimum absolute atomic E-state index is 0.281. The van der Waals surface area contributed by atoms with Crippen LogP contribution in [-0.4, -0.2) is 27.8 Å². The molecule has 0 saturated heterocycles. The van der Waals surface area contributed by atoms with Crippen LogP contribution < -0.4 is 0 Å². The third kappa shape index (κ3) is 4.15. The predicted molar refractivity (Wildman–Crippen MR) is 120 cm³/mol. The van der Waals surface area contributed by atoms with Gasteiger partial charge in [-0.05, 0) is 27.6 Å². The number of aromatic nitrogens is 1. The molecule has 0 fully saturated rings. The van der Waals surface area contributed by atoms with Crippen molar-refractivity contribution < 1.29 is 9.90 Å². The van der Waals surface area contributed by atoms with Gasteiger partial charge in [0.05, 0.1) is 10.3 Å². The van der Waals surface area contributed by atoms with E-state index in [9.17, 15) is 9.90 Å². The molecule has 0 saturated carbocycles. The second kappa shape index (κ2) is 8.45. The fraction of sp³-hybridized carbons (Fsp3) is 0.0833. The normalized spacial score (nSPS) is 11.9. The molecule has 29 heavy (non-hydrogen) atoms. The van der Waals surface area contributed by atoms with Gasteiger partial charge in [-0.2, -0.15) is 0 Å². The van der Waals surface area contributed by atoms with E-state index in [1.807, 2.05) is 84.9 Å². The van der Waals surface area contributed by atoms with Crippen LogP contribution in [0.25, 0.3) is 10.9 Å². The van der Waals surface area contributed by atoms with Gasteiger partial charge >= 0.3 is 5.97 Å². The number of carboxylic acids is 1. The number of carbonyl (C=O) groups is 1. The van der Waals surface area contributed by atoms with Gasteiger partial charge in [0.1, 0.15) is 0 Å². The van der Waals surface area contributed by atoms with Crippen molar-refractivity contribution in [2.75, 3.05) is 0 Å². The molecule has 0 spiro atoms. The van der Waals surface area contributed by atoms with Crippen molar-refractivity contribution in [3.8, 4) is 0 Å². The van der Waals surface area contributed by atoms with E-state index in [0.717, 1.165) is 32.2 Å². The Labute approximate surface area is 177 Å². The number of H-pyrrole nitrogens is 1. The van der Waals surface area contributed by atoms with E-state index >= 15 is 0 Å². The zero-order valence-electron chi connectivity index (χ0n) is 15.5. The van der Waals surface area contributed by atoms with Crippen molar-refractivity contribution >= 4 is 38.5 Å².